The van der Waals surface area contributed by atoms with Crippen LogP contribution in [-0.2, 0) is 4.74 Å². The van der Waals surface area contributed by atoms with Gasteiger partial charge in [-0.1, -0.05) is 0 Å². The molecule has 0 unspecified atom stereocenters. The molecule has 2 aromatic rings. The highest BCUT2D eigenvalue weighted by atomic mass is 32.1. The minimum atomic E-state index is -0.337. The molecule has 0 amide bonds. The Morgan fingerprint density at radius 1 is 1.61 bits per heavy atom. The number of nitrogens with one attached hydrogen (secondary N) is 1. The molecule has 2 aromatic heterocycles. The molecule has 7 heteroatoms. The van der Waals surface area contributed by atoms with Crippen molar-refractivity contribution in [2.24, 2.45) is 0 Å². The van der Waals surface area contributed by atoms with Crippen molar-refractivity contribution in [3.63, 3.8) is 0 Å². The Morgan fingerprint density at radius 3 is 3.17 bits per heavy atom. The minimum absolute atomic E-state index is 0.337. The first-order chi connectivity index (χ1) is 8.76. The first-order valence-corrected chi connectivity index (χ1v) is 6.42. The topological polar surface area (TPSA) is 67.4 Å². The molecule has 0 fully saturated rings. The van der Waals surface area contributed by atoms with Crippen LogP contribution in [0.25, 0.3) is 10.2 Å². The molecule has 94 valence electrons. The van der Waals surface area contributed by atoms with Crippen molar-refractivity contribution in [3.05, 3.63) is 11.2 Å². The first-order valence-electron chi connectivity index (χ1n) is 5.61. The molecule has 1 aliphatic rings. The highest BCUT2D eigenvalue weighted by Crippen LogP contribution is 2.41. The van der Waals surface area contributed by atoms with Crippen LogP contribution in [0.5, 0.6) is 0 Å². The number of carbonyl (C=O) groups excluding carboxylic acids is 1. The molecule has 0 atom stereocenters. The van der Waals surface area contributed by atoms with E-state index in [4.69, 9.17) is 4.74 Å². The molecule has 18 heavy (non-hydrogen) atoms. The Labute approximate surface area is 108 Å². The fourth-order valence-electron chi connectivity index (χ4n) is 2.07. The van der Waals surface area contributed by atoms with E-state index >= 15 is 0 Å². The Bertz CT molecular complexity index is 625. The highest BCUT2D eigenvalue weighted by Gasteiger charge is 2.27. The van der Waals surface area contributed by atoms with Gasteiger partial charge < -0.3 is 15.0 Å². The van der Waals surface area contributed by atoms with Gasteiger partial charge in [-0.05, 0) is 6.92 Å². The number of rotatable bonds is 2. The van der Waals surface area contributed by atoms with Gasteiger partial charge in [0.15, 0.2) is 0 Å². The first kappa shape index (κ1) is 11.2. The van der Waals surface area contributed by atoms with E-state index in [-0.39, 0.29) is 5.97 Å². The lowest BCUT2D eigenvalue weighted by molar-refractivity contribution is 0.0607. The molecule has 1 aliphatic heterocycles. The molecule has 0 aromatic carbocycles. The maximum atomic E-state index is 11.7. The number of aromatic nitrogens is 2. The van der Waals surface area contributed by atoms with Crippen LogP contribution in [0.2, 0.25) is 0 Å². The van der Waals surface area contributed by atoms with Crippen molar-refractivity contribution < 1.29 is 9.53 Å². The summed E-state index contributed by atoms with van der Waals surface area (Å²) in [5.41, 5.74) is 0.794. The van der Waals surface area contributed by atoms with Crippen LogP contribution in [0.1, 0.15) is 16.6 Å². The van der Waals surface area contributed by atoms with Gasteiger partial charge in [0.1, 0.15) is 21.9 Å². The smallest absolute Gasteiger partial charge is 0.350 e. The van der Waals surface area contributed by atoms with E-state index in [9.17, 15) is 4.79 Å². The summed E-state index contributed by atoms with van der Waals surface area (Å²) in [4.78, 5) is 23.7. The van der Waals surface area contributed by atoms with Crippen LogP contribution in [0, 0.1) is 0 Å². The number of ether oxygens (including phenoxy) is 1. The lowest BCUT2D eigenvalue weighted by Gasteiger charge is -2.27. The van der Waals surface area contributed by atoms with E-state index in [1.807, 2.05) is 0 Å². The fourth-order valence-corrected chi connectivity index (χ4v) is 3.11. The maximum Gasteiger partial charge on any atom is 0.350 e. The number of hydrogen-bond acceptors (Lipinski definition) is 7. The Balaban J connectivity index is 2.28. The normalized spacial score (nSPS) is 13.6. The van der Waals surface area contributed by atoms with E-state index in [2.05, 4.69) is 27.1 Å². The second-order valence-corrected chi connectivity index (χ2v) is 4.87. The van der Waals surface area contributed by atoms with Gasteiger partial charge in [0.25, 0.3) is 0 Å². The zero-order valence-corrected chi connectivity index (χ0v) is 10.9. The molecule has 3 heterocycles. The summed E-state index contributed by atoms with van der Waals surface area (Å²) in [5.74, 6) is 0.541. The van der Waals surface area contributed by atoms with Gasteiger partial charge in [-0.15, -0.1) is 11.3 Å². The third-order valence-electron chi connectivity index (χ3n) is 2.97. The maximum absolute atomic E-state index is 11.7. The van der Waals surface area contributed by atoms with E-state index in [0.29, 0.717) is 11.5 Å². The lowest BCUT2D eigenvalue weighted by atomic mass is 10.2. The molecular formula is C11H12N4O2S. The third kappa shape index (κ3) is 1.43. The predicted octanol–water partition coefficient (Wildman–Crippen LogP) is 1.69. The number of esters is 1. The molecule has 0 bridgehead atoms. The quantitative estimate of drug-likeness (QED) is 0.832. The summed E-state index contributed by atoms with van der Waals surface area (Å²) in [7, 11) is 1.38. The second kappa shape index (κ2) is 4.09. The summed E-state index contributed by atoms with van der Waals surface area (Å²) < 4.78 is 4.80. The number of thiophene rings is 1. The lowest BCUT2D eigenvalue weighted by Crippen LogP contribution is -2.33. The van der Waals surface area contributed by atoms with Crippen LogP contribution >= 0.6 is 11.3 Å². The van der Waals surface area contributed by atoms with Gasteiger partial charge >= 0.3 is 5.97 Å². The predicted molar refractivity (Wildman–Crippen MR) is 70.3 cm³/mol. The summed E-state index contributed by atoms with van der Waals surface area (Å²) >= 11 is 1.33. The van der Waals surface area contributed by atoms with Crippen LogP contribution in [0.4, 0.5) is 11.5 Å². The summed E-state index contributed by atoms with van der Waals surface area (Å²) in [6.45, 7) is 3.55. The van der Waals surface area contributed by atoms with Gasteiger partial charge in [-0.3, -0.25) is 0 Å². The van der Waals surface area contributed by atoms with Crippen LogP contribution < -0.4 is 10.2 Å². The van der Waals surface area contributed by atoms with Crippen molar-refractivity contribution in [2.45, 2.75) is 6.92 Å². The monoisotopic (exact) mass is 264 g/mol. The molecule has 1 N–H and O–H groups in total. The molecule has 0 radical (unpaired) electrons. The van der Waals surface area contributed by atoms with Crippen LogP contribution in [0.3, 0.4) is 0 Å². The van der Waals surface area contributed by atoms with E-state index in [1.165, 1.54) is 24.8 Å². The van der Waals surface area contributed by atoms with Crippen molar-refractivity contribution in [2.75, 3.05) is 30.5 Å². The average Bonchev–Trinajstić information content (AvgIpc) is 2.79. The van der Waals surface area contributed by atoms with Gasteiger partial charge in [0, 0.05) is 6.54 Å². The number of anilines is 2. The van der Waals surface area contributed by atoms with E-state index in [1.54, 1.807) is 0 Å². The van der Waals surface area contributed by atoms with E-state index < -0.39 is 0 Å². The minimum Gasteiger partial charge on any atom is -0.465 e. The number of hydrogen-bond donors (Lipinski definition) is 1. The largest absolute Gasteiger partial charge is 0.465 e. The number of carbonyl (C=O) groups is 1. The van der Waals surface area contributed by atoms with Crippen molar-refractivity contribution in [1.29, 1.82) is 0 Å². The Kier molecular flexibility index (Phi) is 2.55. The number of nitrogens with zero attached hydrogens (tertiary/aromatic N) is 3. The molecule has 3 rings (SSSR count). The zero-order valence-electron chi connectivity index (χ0n) is 10.1. The Morgan fingerprint density at radius 2 is 2.44 bits per heavy atom. The fraction of sp³-hybridized carbons (Fsp3) is 0.364. The van der Waals surface area contributed by atoms with Crippen LogP contribution in [0.15, 0.2) is 6.33 Å². The summed E-state index contributed by atoms with van der Waals surface area (Å²) in [6, 6.07) is 0. The van der Waals surface area contributed by atoms with Gasteiger partial charge in [0.05, 0.1) is 24.9 Å². The highest BCUT2D eigenvalue weighted by molar-refractivity contribution is 7.21. The third-order valence-corrected chi connectivity index (χ3v) is 4.04. The average molecular weight is 264 g/mol. The Hall–Kier alpha value is -1.89. The molecule has 0 saturated heterocycles. The van der Waals surface area contributed by atoms with Crippen LogP contribution in [-0.4, -0.2) is 36.3 Å². The second-order valence-electron chi connectivity index (χ2n) is 3.87. The zero-order chi connectivity index (χ0) is 12.7. The standard InChI is InChI=1S/C11H12N4O2S/c1-3-15-5-14-7-6-9(15)12-4-13-10(6)18-8(7)11(16)17-2/h4,14H,3,5H2,1-2H3. The van der Waals surface area contributed by atoms with Gasteiger partial charge in [-0.2, -0.15) is 0 Å². The van der Waals surface area contributed by atoms with E-state index in [0.717, 1.165) is 28.3 Å². The molecule has 0 spiro atoms. The number of methoxy groups -OCH3 is 1. The SMILES string of the molecule is CCN1CNc2c(C(=O)OC)sc3ncnc1c23. The summed E-state index contributed by atoms with van der Waals surface area (Å²) in [5, 5.41) is 4.16. The van der Waals surface area contributed by atoms with Gasteiger partial charge in [-0.25, -0.2) is 14.8 Å². The van der Waals surface area contributed by atoms with Crippen molar-refractivity contribution in [1.82, 2.24) is 9.97 Å². The molecule has 0 aliphatic carbocycles. The van der Waals surface area contributed by atoms with Gasteiger partial charge in [0.2, 0.25) is 0 Å². The molecular weight excluding hydrogens is 252 g/mol. The molecule has 6 nitrogen and oxygen atoms in total. The summed E-state index contributed by atoms with van der Waals surface area (Å²) in [6.07, 6.45) is 1.53. The van der Waals surface area contributed by atoms with Crippen molar-refractivity contribution >= 4 is 39.0 Å². The molecule has 0 saturated carbocycles. The van der Waals surface area contributed by atoms with Crippen molar-refractivity contribution in [3.8, 4) is 0 Å².